The molecule has 0 unspecified atom stereocenters. The fourth-order valence-corrected chi connectivity index (χ4v) is 2.26. The Morgan fingerprint density at radius 2 is 1.81 bits per heavy atom. The van der Waals surface area contributed by atoms with Crippen LogP contribution < -0.4 is 5.32 Å². The zero-order valence-electron chi connectivity index (χ0n) is 14.1. The van der Waals surface area contributed by atoms with Gasteiger partial charge >= 0.3 is 0 Å². The Kier molecular flexibility index (Phi) is 7.41. The van der Waals surface area contributed by atoms with Crippen molar-refractivity contribution in [3.63, 3.8) is 0 Å². The van der Waals surface area contributed by atoms with E-state index < -0.39 is 0 Å². The highest BCUT2D eigenvalue weighted by Gasteiger charge is 2.21. The minimum absolute atomic E-state index is 0.153. The normalized spacial score (nSPS) is 11.4. The lowest BCUT2D eigenvalue weighted by molar-refractivity contribution is 0.588. The molecule has 0 amide bonds. The van der Waals surface area contributed by atoms with Gasteiger partial charge in [-0.3, -0.25) is 0 Å². The van der Waals surface area contributed by atoms with Crippen molar-refractivity contribution >= 4 is 11.5 Å². The summed E-state index contributed by atoms with van der Waals surface area (Å²) in [7, 11) is 0. The van der Waals surface area contributed by atoms with Crippen LogP contribution in [0.5, 0.6) is 0 Å². The van der Waals surface area contributed by atoms with E-state index in [1.165, 1.54) is 38.5 Å². The zero-order valence-corrected chi connectivity index (χ0v) is 14.1. The van der Waals surface area contributed by atoms with Crippen molar-refractivity contribution in [3.05, 3.63) is 23.9 Å². The standard InChI is InChI=1S/C18H31N3/c1-5-6-7-8-9-10-13-20-17-15(12-11-14-21-17)16(19)18(2,3)4/h11-12,14,19H,5-10,13H2,1-4H3,(H,20,21). The summed E-state index contributed by atoms with van der Waals surface area (Å²) < 4.78 is 0. The summed E-state index contributed by atoms with van der Waals surface area (Å²) >= 11 is 0. The lowest BCUT2D eigenvalue weighted by atomic mass is 9.86. The molecule has 0 aromatic carbocycles. The first-order valence-corrected chi connectivity index (χ1v) is 8.25. The molecule has 1 aromatic heterocycles. The highest BCUT2D eigenvalue weighted by atomic mass is 15.0. The second-order valence-electron chi connectivity index (χ2n) is 6.72. The van der Waals surface area contributed by atoms with Crippen molar-refractivity contribution in [2.45, 2.75) is 66.2 Å². The SMILES string of the molecule is CCCCCCCCNc1ncccc1C(=N)C(C)(C)C. The summed E-state index contributed by atoms with van der Waals surface area (Å²) in [6.07, 6.45) is 9.55. The molecule has 21 heavy (non-hydrogen) atoms. The summed E-state index contributed by atoms with van der Waals surface area (Å²) in [6.45, 7) is 9.39. The van der Waals surface area contributed by atoms with Gasteiger partial charge in [0.2, 0.25) is 0 Å². The van der Waals surface area contributed by atoms with Crippen LogP contribution in [0.25, 0.3) is 0 Å². The molecule has 0 saturated carbocycles. The monoisotopic (exact) mass is 289 g/mol. The van der Waals surface area contributed by atoms with Crippen LogP contribution in [-0.2, 0) is 0 Å². The fourth-order valence-electron chi connectivity index (χ4n) is 2.26. The molecule has 0 aliphatic rings. The topological polar surface area (TPSA) is 48.8 Å². The van der Waals surface area contributed by atoms with Crippen LogP contribution in [0, 0.1) is 10.8 Å². The zero-order chi connectivity index (χ0) is 15.7. The third-order valence-corrected chi connectivity index (χ3v) is 3.65. The molecular weight excluding hydrogens is 258 g/mol. The largest absolute Gasteiger partial charge is 0.370 e. The Morgan fingerprint density at radius 1 is 1.14 bits per heavy atom. The molecule has 0 bridgehead atoms. The van der Waals surface area contributed by atoms with Crippen LogP contribution in [0.15, 0.2) is 18.3 Å². The Morgan fingerprint density at radius 3 is 2.48 bits per heavy atom. The molecule has 0 radical (unpaired) electrons. The van der Waals surface area contributed by atoms with E-state index in [0.717, 1.165) is 17.9 Å². The first kappa shape index (κ1) is 17.7. The summed E-state index contributed by atoms with van der Waals surface area (Å²) in [4.78, 5) is 4.41. The molecule has 118 valence electrons. The third kappa shape index (κ3) is 6.28. The summed E-state index contributed by atoms with van der Waals surface area (Å²) in [5, 5.41) is 11.7. The Hall–Kier alpha value is -1.38. The van der Waals surface area contributed by atoms with E-state index in [1.807, 2.05) is 12.1 Å². The van der Waals surface area contributed by atoms with Crippen LogP contribution in [0.4, 0.5) is 5.82 Å². The molecule has 1 aromatic rings. The number of anilines is 1. The van der Waals surface area contributed by atoms with E-state index >= 15 is 0 Å². The number of rotatable bonds is 9. The van der Waals surface area contributed by atoms with Crippen LogP contribution in [0.1, 0.15) is 71.8 Å². The quantitative estimate of drug-likeness (QED) is 0.480. The predicted molar refractivity (Wildman–Crippen MR) is 92.4 cm³/mol. The van der Waals surface area contributed by atoms with Crippen molar-refractivity contribution in [1.82, 2.24) is 4.98 Å². The molecular formula is C18H31N3. The molecule has 0 atom stereocenters. The van der Waals surface area contributed by atoms with Gasteiger partial charge in [-0.1, -0.05) is 59.8 Å². The molecule has 3 nitrogen and oxygen atoms in total. The molecule has 1 heterocycles. The number of nitrogens with one attached hydrogen (secondary N) is 2. The molecule has 0 fully saturated rings. The average molecular weight is 289 g/mol. The highest BCUT2D eigenvalue weighted by Crippen LogP contribution is 2.24. The fraction of sp³-hybridized carbons (Fsp3) is 0.667. The molecule has 0 saturated heterocycles. The van der Waals surface area contributed by atoms with Gasteiger partial charge in [-0.15, -0.1) is 0 Å². The highest BCUT2D eigenvalue weighted by molar-refractivity contribution is 6.05. The smallest absolute Gasteiger partial charge is 0.135 e. The lowest BCUT2D eigenvalue weighted by Crippen LogP contribution is -2.22. The van der Waals surface area contributed by atoms with Crippen molar-refractivity contribution < 1.29 is 0 Å². The van der Waals surface area contributed by atoms with Crippen molar-refractivity contribution in [2.24, 2.45) is 5.41 Å². The maximum atomic E-state index is 8.33. The van der Waals surface area contributed by atoms with E-state index in [2.05, 4.69) is 38.0 Å². The van der Waals surface area contributed by atoms with Gasteiger partial charge < -0.3 is 10.7 Å². The van der Waals surface area contributed by atoms with E-state index in [4.69, 9.17) is 5.41 Å². The van der Waals surface area contributed by atoms with Gasteiger partial charge in [0.05, 0.1) is 0 Å². The Labute approximate surface area is 130 Å². The molecule has 1 rings (SSSR count). The van der Waals surface area contributed by atoms with Crippen molar-refractivity contribution in [3.8, 4) is 0 Å². The number of hydrogen-bond acceptors (Lipinski definition) is 3. The summed E-state index contributed by atoms with van der Waals surface area (Å²) in [6, 6.07) is 3.90. The number of aromatic nitrogens is 1. The first-order chi connectivity index (χ1) is 9.96. The van der Waals surface area contributed by atoms with Crippen LogP contribution in [0.2, 0.25) is 0 Å². The van der Waals surface area contributed by atoms with E-state index in [-0.39, 0.29) is 5.41 Å². The van der Waals surface area contributed by atoms with Gasteiger partial charge in [0, 0.05) is 29.4 Å². The van der Waals surface area contributed by atoms with E-state index in [9.17, 15) is 0 Å². The molecule has 0 aliphatic heterocycles. The van der Waals surface area contributed by atoms with E-state index in [0.29, 0.717) is 5.71 Å². The second kappa shape index (κ2) is 8.81. The maximum absolute atomic E-state index is 8.33. The Bertz CT molecular complexity index is 432. The van der Waals surface area contributed by atoms with Gasteiger partial charge in [-0.05, 0) is 18.6 Å². The minimum atomic E-state index is -0.153. The van der Waals surface area contributed by atoms with Crippen molar-refractivity contribution in [1.29, 1.82) is 5.41 Å². The van der Waals surface area contributed by atoms with E-state index in [1.54, 1.807) is 6.20 Å². The molecule has 3 heteroatoms. The van der Waals surface area contributed by atoms with Crippen molar-refractivity contribution in [2.75, 3.05) is 11.9 Å². The molecule has 2 N–H and O–H groups in total. The van der Waals surface area contributed by atoms with Gasteiger partial charge in [-0.25, -0.2) is 4.98 Å². The number of pyridine rings is 1. The number of unbranched alkanes of at least 4 members (excludes halogenated alkanes) is 5. The molecule has 0 spiro atoms. The van der Waals surface area contributed by atoms with Gasteiger partial charge in [0.1, 0.15) is 5.82 Å². The van der Waals surface area contributed by atoms with Gasteiger partial charge in [-0.2, -0.15) is 0 Å². The average Bonchev–Trinajstić information content (AvgIpc) is 2.45. The summed E-state index contributed by atoms with van der Waals surface area (Å²) in [5.74, 6) is 0.853. The Balaban J connectivity index is 2.47. The van der Waals surface area contributed by atoms with Crippen LogP contribution in [0.3, 0.4) is 0 Å². The van der Waals surface area contributed by atoms with Crippen LogP contribution >= 0.6 is 0 Å². The second-order valence-corrected chi connectivity index (χ2v) is 6.72. The minimum Gasteiger partial charge on any atom is -0.370 e. The lowest BCUT2D eigenvalue weighted by Gasteiger charge is -2.22. The number of nitrogens with zero attached hydrogens (tertiary/aromatic N) is 1. The van der Waals surface area contributed by atoms with Gasteiger partial charge in [0.25, 0.3) is 0 Å². The van der Waals surface area contributed by atoms with Crippen LogP contribution in [-0.4, -0.2) is 17.2 Å². The third-order valence-electron chi connectivity index (χ3n) is 3.65. The summed E-state index contributed by atoms with van der Waals surface area (Å²) in [5.41, 5.74) is 1.41. The maximum Gasteiger partial charge on any atom is 0.135 e. The van der Waals surface area contributed by atoms with Gasteiger partial charge in [0.15, 0.2) is 0 Å². The number of hydrogen-bond donors (Lipinski definition) is 2. The predicted octanol–water partition coefficient (Wildman–Crippen LogP) is 5.27. The molecule has 0 aliphatic carbocycles. The first-order valence-electron chi connectivity index (χ1n) is 8.25.